The lowest BCUT2D eigenvalue weighted by atomic mass is 10.2. The highest BCUT2D eigenvalue weighted by Gasteiger charge is 2.11. The molecule has 0 unspecified atom stereocenters. The Balaban J connectivity index is 2.87. The van der Waals surface area contributed by atoms with E-state index in [0.29, 0.717) is 24.4 Å². The van der Waals surface area contributed by atoms with Crippen LogP contribution in [0, 0.1) is 0 Å². The van der Waals surface area contributed by atoms with Crippen molar-refractivity contribution in [2.24, 2.45) is 5.73 Å². The van der Waals surface area contributed by atoms with Gasteiger partial charge in [0, 0.05) is 17.6 Å². The quantitative estimate of drug-likeness (QED) is 0.864. The van der Waals surface area contributed by atoms with Crippen molar-refractivity contribution < 1.29 is 9.53 Å². The molecule has 0 heterocycles. The van der Waals surface area contributed by atoms with Crippen molar-refractivity contribution in [3.05, 3.63) is 28.2 Å². The van der Waals surface area contributed by atoms with E-state index in [1.807, 2.05) is 0 Å². The lowest BCUT2D eigenvalue weighted by Gasteiger charge is -2.08. The number of nitrogens with one attached hydrogen (secondary N) is 1. The molecule has 1 aromatic rings. The van der Waals surface area contributed by atoms with Gasteiger partial charge in [-0.25, -0.2) is 0 Å². The average Bonchev–Trinajstić information content (AvgIpc) is 2.25. The summed E-state index contributed by atoms with van der Waals surface area (Å²) in [6.07, 6.45) is 0. The summed E-state index contributed by atoms with van der Waals surface area (Å²) in [5, 5.41) is 2.68. The van der Waals surface area contributed by atoms with E-state index in [9.17, 15) is 4.79 Å². The lowest BCUT2D eigenvalue weighted by Crippen LogP contribution is -2.29. The van der Waals surface area contributed by atoms with Gasteiger partial charge in [-0.15, -0.1) is 0 Å². The molecule has 1 rings (SSSR count). The molecule has 0 spiro atoms. The normalized spacial score (nSPS) is 9.80. The number of ether oxygens (including phenoxy) is 1. The minimum atomic E-state index is -0.176. The number of amides is 1. The van der Waals surface area contributed by atoms with Gasteiger partial charge in [0.2, 0.25) is 0 Å². The SMILES string of the molecule is COc1cc(Br)ccc1C(=O)NCCN. The Hall–Kier alpha value is -1.07. The number of hydrogen-bond donors (Lipinski definition) is 2. The molecule has 0 aliphatic rings. The van der Waals surface area contributed by atoms with E-state index in [1.54, 1.807) is 18.2 Å². The van der Waals surface area contributed by atoms with Gasteiger partial charge >= 0.3 is 0 Å². The summed E-state index contributed by atoms with van der Waals surface area (Å²) < 4.78 is 5.98. The minimum Gasteiger partial charge on any atom is -0.496 e. The molecule has 0 fully saturated rings. The second-order valence-electron chi connectivity index (χ2n) is 2.89. The molecule has 0 atom stereocenters. The maximum atomic E-state index is 11.6. The molecule has 0 aromatic heterocycles. The first kappa shape index (κ1) is 12.0. The summed E-state index contributed by atoms with van der Waals surface area (Å²) in [7, 11) is 1.53. The van der Waals surface area contributed by atoms with E-state index in [0.717, 1.165) is 4.47 Å². The van der Waals surface area contributed by atoms with E-state index < -0.39 is 0 Å². The van der Waals surface area contributed by atoms with E-state index in [-0.39, 0.29) is 5.91 Å². The topological polar surface area (TPSA) is 64.3 Å². The van der Waals surface area contributed by atoms with Gasteiger partial charge in [0.15, 0.2) is 0 Å². The van der Waals surface area contributed by atoms with Crippen LogP contribution in [0.15, 0.2) is 22.7 Å². The number of nitrogens with two attached hydrogens (primary N) is 1. The third-order valence-corrected chi connectivity index (χ3v) is 2.33. The van der Waals surface area contributed by atoms with E-state index in [4.69, 9.17) is 10.5 Å². The van der Waals surface area contributed by atoms with Crippen LogP contribution in [0.3, 0.4) is 0 Å². The van der Waals surface area contributed by atoms with E-state index >= 15 is 0 Å². The largest absolute Gasteiger partial charge is 0.496 e. The molecule has 0 saturated carbocycles. The third kappa shape index (κ3) is 3.21. The number of hydrogen-bond acceptors (Lipinski definition) is 3. The van der Waals surface area contributed by atoms with Crippen molar-refractivity contribution >= 4 is 21.8 Å². The molecule has 0 aliphatic carbocycles. The van der Waals surface area contributed by atoms with Gasteiger partial charge in [0.25, 0.3) is 5.91 Å². The molecular weight excluding hydrogens is 260 g/mol. The predicted molar refractivity (Wildman–Crippen MR) is 62.1 cm³/mol. The highest BCUT2D eigenvalue weighted by atomic mass is 79.9. The van der Waals surface area contributed by atoms with Crippen LogP contribution in [-0.2, 0) is 0 Å². The zero-order valence-electron chi connectivity index (χ0n) is 8.42. The average molecular weight is 273 g/mol. The first-order valence-electron chi connectivity index (χ1n) is 4.51. The molecule has 15 heavy (non-hydrogen) atoms. The summed E-state index contributed by atoms with van der Waals surface area (Å²) in [6, 6.07) is 5.24. The first-order valence-corrected chi connectivity index (χ1v) is 5.30. The molecule has 0 saturated heterocycles. The van der Waals surface area contributed by atoms with Crippen molar-refractivity contribution in [3.8, 4) is 5.75 Å². The Bertz CT molecular complexity index is 355. The van der Waals surface area contributed by atoms with Gasteiger partial charge in [0.1, 0.15) is 5.75 Å². The smallest absolute Gasteiger partial charge is 0.255 e. The molecular formula is C10H13BrN2O2. The summed E-state index contributed by atoms with van der Waals surface area (Å²) in [5.41, 5.74) is 5.80. The van der Waals surface area contributed by atoms with Crippen LogP contribution in [0.2, 0.25) is 0 Å². The number of rotatable bonds is 4. The molecule has 4 nitrogen and oxygen atoms in total. The van der Waals surface area contributed by atoms with Crippen LogP contribution >= 0.6 is 15.9 Å². The van der Waals surface area contributed by atoms with Crippen LogP contribution < -0.4 is 15.8 Å². The standard InChI is InChI=1S/C10H13BrN2O2/c1-15-9-6-7(11)2-3-8(9)10(14)13-5-4-12/h2-3,6H,4-5,12H2,1H3,(H,13,14). The fourth-order valence-electron chi connectivity index (χ4n) is 1.13. The molecule has 1 amide bonds. The Kier molecular flexibility index (Phi) is 4.58. The minimum absolute atomic E-state index is 0.176. The van der Waals surface area contributed by atoms with Crippen LogP contribution in [0.1, 0.15) is 10.4 Å². The van der Waals surface area contributed by atoms with Crippen molar-refractivity contribution in [2.75, 3.05) is 20.2 Å². The van der Waals surface area contributed by atoms with Crippen LogP contribution in [0.4, 0.5) is 0 Å². The molecule has 5 heteroatoms. The Morgan fingerprint density at radius 2 is 2.33 bits per heavy atom. The maximum absolute atomic E-state index is 11.6. The fourth-order valence-corrected chi connectivity index (χ4v) is 1.47. The van der Waals surface area contributed by atoms with Gasteiger partial charge in [-0.2, -0.15) is 0 Å². The second kappa shape index (κ2) is 5.72. The van der Waals surface area contributed by atoms with Gasteiger partial charge in [0.05, 0.1) is 12.7 Å². The van der Waals surface area contributed by atoms with Gasteiger partial charge in [-0.1, -0.05) is 15.9 Å². The van der Waals surface area contributed by atoms with Gasteiger partial charge in [-0.05, 0) is 18.2 Å². The predicted octanol–water partition coefficient (Wildman–Crippen LogP) is 1.15. The van der Waals surface area contributed by atoms with Crippen LogP contribution in [-0.4, -0.2) is 26.1 Å². The highest BCUT2D eigenvalue weighted by molar-refractivity contribution is 9.10. The molecule has 82 valence electrons. The Morgan fingerprint density at radius 3 is 2.93 bits per heavy atom. The number of benzene rings is 1. The molecule has 1 aromatic carbocycles. The fraction of sp³-hybridized carbons (Fsp3) is 0.300. The highest BCUT2D eigenvalue weighted by Crippen LogP contribution is 2.23. The summed E-state index contributed by atoms with van der Waals surface area (Å²) in [6.45, 7) is 0.878. The Labute approximate surface area is 96.9 Å². The third-order valence-electron chi connectivity index (χ3n) is 1.84. The lowest BCUT2D eigenvalue weighted by molar-refractivity contribution is 0.0951. The second-order valence-corrected chi connectivity index (χ2v) is 3.80. The van der Waals surface area contributed by atoms with Crippen molar-refractivity contribution in [1.82, 2.24) is 5.32 Å². The molecule has 3 N–H and O–H groups in total. The number of carbonyl (C=O) groups is 1. The zero-order chi connectivity index (χ0) is 11.3. The summed E-state index contributed by atoms with van der Waals surface area (Å²) in [4.78, 5) is 11.6. The van der Waals surface area contributed by atoms with Crippen molar-refractivity contribution in [1.29, 1.82) is 0 Å². The molecule has 0 bridgehead atoms. The molecule has 0 radical (unpaired) electrons. The maximum Gasteiger partial charge on any atom is 0.255 e. The Morgan fingerprint density at radius 1 is 1.60 bits per heavy atom. The monoisotopic (exact) mass is 272 g/mol. The number of halogens is 1. The number of carbonyl (C=O) groups excluding carboxylic acids is 1. The summed E-state index contributed by atoms with van der Waals surface area (Å²) in [5.74, 6) is 0.365. The van der Waals surface area contributed by atoms with Crippen LogP contribution in [0.25, 0.3) is 0 Å². The van der Waals surface area contributed by atoms with E-state index in [2.05, 4.69) is 21.2 Å². The van der Waals surface area contributed by atoms with Crippen LogP contribution in [0.5, 0.6) is 5.75 Å². The van der Waals surface area contributed by atoms with E-state index in [1.165, 1.54) is 7.11 Å². The zero-order valence-corrected chi connectivity index (χ0v) is 10.0. The molecule has 0 aliphatic heterocycles. The number of methoxy groups -OCH3 is 1. The van der Waals surface area contributed by atoms with Gasteiger partial charge < -0.3 is 15.8 Å². The van der Waals surface area contributed by atoms with Gasteiger partial charge in [-0.3, -0.25) is 4.79 Å². The first-order chi connectivity index (χ1) is 7.19. The van der Waals surface area contributed by atoms with Crippen molar-refractivity contribution in [3.63, 3.8) is 0 Å². The van der Waals surface area contributed by atoms with Crippen molar-refractivity contribution in [2.45, 2.75) is 0 Å². The summed E-state index contributed by atoms with van der Waals surface area (Å²) >= 11 is 3.31.